The second-order valence-corrected chi connectivity index (χ2v) is 8.89. The number of carbonyl (C=O) groups excluding carboxylic acids is 2. The molecule has 0 spiro atoms. The van der Waals surface area contributed by atoms with Gasteiger partial charge in [0.15, 0.2) is 0 Å². The molecular weight excluding hydrogens is 378 g/mol. The van der Waals surface area contributed by atoms with Gasteiger partial charge in [-0.25, -0.2) is 0 Å². The molecule has 0 saturated heterocycles. The first-order valence-corrected chi connectivity index (χ1v) is 10.2. The van der Waals surface area contributed by atoms with Crippen molar-refractivity contribution < 1.29 is 9.59 Å². The smallest absolute Gasteiger partial charge is 0.251 e. The lowest BCUT2D eigenvalue weighted by Gasteiger charge is -2.19. The Morgan fingerprint density at radius 2 is 2.12 bits per heavy atom. The molecule has 0 aliphatic heterocycles. The van der Waals surface area contributed by atoms with Gasteiger partial charge in [-0.15, -0.1) is 22.7 Å². The fourth-order valence-electron chi connectivity index (χ4n) is 3.06. The molecule has 2 aromatic heterocycles. The van der Waals surface area contributed by atoms with Crippen molar-refractivity contribution in [3.05, 3.63) is 37.4 Å². The number of hydrogen-bond donors (Lipinski definition) is 2. The van der Waals surface area contributed by atoms with Crippen molar-refractivity contribution in [2.45, 2.75) is 32.7 Å². The van der Waals surface area contributed by atoms with E-state index in [1.165, 1.54) is 27.6 Å². The summed E-state index contributed by atoms with van der Waals surface area (Å²) in [7, 11) is 0. The van der Waals surface area contributed by atoms with Crippen LogP contribution in [0.25, 0.3) is 0 Å². The van der Waals surface area contributed by atoms with Crippen LogP contribution in [0.1, 0.15) is 39.0 Å². The van der Waals surface area contributed by atoms with E-state index in [1.807, 2.05) is 24.0 Å². The predicted molar refractivity (Wildman–Crippen MR) is 104 cm³/mol. The van der Waals surface area contributed by atoms with Crippen molar-refractivity contribution >= 4 is 51.1 Å². The van der Waals surface area contributed by atoms with Crippen LogP contribution in [0.15, 0.2) is 12.1 Å². The molecule has 0 radical (unpaired) electrons. The first kappa shape index (κ1) is 18.4. The zero-order valence-corrected chi connectivity index (χ0v) is 16.3. The van der Waals surface area contributed by atoms with Crippen molar-refractivity contribution in [1.29, 1.82) is 0 Å². The summed E-state index contributed by atoms with van der Waals surface area (Å²) in [5, 5.41) is 3.49. The Morgan fingerprint density at radius 1 is 1.32 bits per heavy atom. The predicted octanol–water partition coefficient (Wildman–Crippen LogP) is 3.51. The van der Waals surface area contributed by atoms with E-state index in [2.05, 4.69) is 5.32 Å². The van der Waals surface area contributed by atoms with Gasteiger partial charge in [-0.1, -0.05) is 18.5 Å². The van der Waals surface area contributed by atoms with Crippen molar-refractivity contribution in [2.24, 2.45) is 5.73 Å². The highest BCUT2D eigenvalue weighted by Crippen LogP contribution is 2.38. The summed E-state index contributed by atoms with van der Waals surface area (Å²) in [6, 6.07) is 3.84. The number of primary amides is 1. The summed E-state index contributed by atoms with van der Waals surface area (Å²) in [6.45, 7) is 3.68. The van der Waals surface area contributed by atoms with Gasteiger partial charge in [-0.3, -0.25) is 14.5 Å². The highest BCUT2D eigenvalue weighted by atomic mass is 35.5. The molecule has 1 aliphatic rings. The number of amides is 2. The molecular formula is C17H20ClN3O2S2. The minimum absolute atomic E-state index is 0.132. The fourth-order valence-corrected chi connectivity index (χ4v) is 5.50. The molecule has 5 nitrogen and oxygen atoms in total. The Morgan fingerprint density at radius 3 is 2.76 bits per heavy atom. The molecule has 25 heavy (non-hydrogen) atoms. The maximum atomic E-state index is 12.5. The summed E-state index contributed by atoms with van der Waals surface area (Å²) in [5.74, 6) is -0.595. The van der Waals surface area contributed by atoms with Gasteiger partial charge in [0.25, 0.3) is 5.91 Å². The molecule has 3 rings (SSSR count). The molecule has 2 heterocycles. The summed E-state index contributed by atoms with van der Waals surface area (Å²) in [6.07, 6.45) is 2.86. The number of rotatable bonds is 7. The zero-order valence-electron chi connectivity index (χ0n) is 13.9. The minimum Gasteiger partial charge on any atom is -0.365 e. The number of halogens is 1. The second-order valence-electron chi connectivity index (χ2n) is 5.98. The Bertz CT molecular complexity index is 800. The Labute approximate surface area is 159 Å². The van der Waals surface area contributed by atoms with E-state index in [0.29, 0.717) is 17.1 Å². The van der Waals surface area contributed by atoms with Gasteiger partial charge < -0.3 is 11.1 Å². The van der Waals surface area contributed by atoms with Gasteiger partial charge in [-0.05, 0) is 43.5 Å². The standard InChI is InChI=1S/C17H20ClN3O2S2/c1-2-21(8-10-6-7-13(18)24-10)9-14(22)20-17-15(16(19)23)11-4-3-5-12(11)25-17/h6-7H,2-5,8-9H2,1H3,(H2,19,23)(H,20,22). The van der Waals surface area contributed by atoms with E-state index in [-0.39, 0.29) is 12.5 Å². The summed E-state index contributed by atoms with van der Waals surface area (Å²) < 4.78 is 0.745. The van der Waals surface area contributed by atoms with E-state index in [9.17, 15) is 9.59 Å². The Kier molecular flexibility index (Phi) is 5.78. The van der Waals surface area contributed by atoms with Crippen LogP contribution in [0, 0.1) is 0 Å². The molecule has 0 aromatic carbocycles. The average Bonchev–Trinajstić information content (AvgIpc) is 3.22. The third-order valence-corrected chi connectivity index (χ3v) is 6.67. The van der Waals surface area contributed by atoms with Crippen LogP contribution in [0.2, 0.25) is 4.34 Å². The molecule has 0 atom stereocenters. The van der Waals surface area contributed by atoms with E-state index in [0.717, 1.165) is 40.6 Å². The van der Waals surface area contributed by atoms with E-state index in [4.69, 9.17) is 17.3 Å². The molecule has 3 N–H and O–H groups in total. The van der Waals surface area contributed by atoms with Crippen molar-refractivity contribution in [3.63, 3.8) is 0 Å². The Hall–Kier alpha value is -1.41. The number of anilines is 1. The molecule has 134 valence electrons. The van der Waals surface area contributed by atoms with Crippen LogP contribution < -0.4 is 11.1 Å². The van der Waals surface area contributed by atoms with Crippen LogP contribution in [-0.2, 0) is 24.2 Å². The second kappa shape index (κ2) is 7.86. The van der Waals surface area contributed by atoms with Crippen LogP contribution in [-0.4, -0.2) is 29.8 Å². The normalized spacial score (nSPS) is 13.2. The SMILES string of the molecule is CCN(CC(=O)Nc1sc2c(c1C(N)=O)CCC2)Cc1ccc(Cl)s1. The topological polar surface area (TPSA) is 75.4 Å². The maximum Gasteiger partial charge on any atom is 0.251 e. The van der Waals surface area contributed by atoms with E-state index >= 15 is 0 Å². The number of likely N-dealkylation sites (N-methyl/N-ethyl adjacent to an activating group) is 1. The van der Waals surface area contributed by atoms with Crippen LogP contribution >= 0.6 is 34.3 Å². The maximum absolute atomic E-state index is 12.5. The average molecular weight is 398 g/mol. The zero-order chi connectivity index (χ0) is 18.0. The molecule has 0 bridgehead atoms. The number of nitrogens with one attached hydrogen (secondary N) is 1. The molecule has 1 aliphatic carbocycles. The molecule has 2 amide bonds. The monoisotopic (exact) mass is 397 g/mol. The van der Waals surface area contributed by atoms with Crippen LogP contribution in [0.4, 0.5) is 5.00 Å². The van der Waals surface area contributed by atoms with Gasteiger partial charge in [0.2, 0.25) is 5.91 Å². The number of carbonyl (C=O) groups is 2. The van der Waals surface area contributed by atoms with Gasteiger partial charge >= 0.3 is 0 Å². The number of aryl methyl sites for hydroxylation is 1. The third-order valence-electron chi connectivity index (χ3n) is 4.24. The lowest BCUT2D eigenvalue weighted by atomic mass is 10.1. The van der Waals surface area contributed by atoms with Gasteiger partial charge in [0.05, 0.1) is 16.4 Å². The van der Waals surface area contributed by atoms with Crippen LogP contribution in [0.3, 0.4) is 0 Å². The number of fused-ring (bicyclic) bond motifs is 1. The highest BCUT2D eigenvalue weighted by Gasteiger charge is 2.26. The summed E-state index contributed by atoms with van der Waals surface area (Å²) >= 11 is 8.96. The lowest BCUT2D eigenvalue weighted by Crippen LogP contribution is -2.32. The van der Waals surface area contributed by atoms with Crippen molar-refractivity contribution in [1.82, 2.24) is 4.90 Å². The number of thiophene rings is 2. The highest BCUT2D eigenvalue weighted by molar-refractivity contribution is 7.17. The quantitative estimate of drug-likeness (QED) is 0.750. The molecule has 2 aromatic rings. The molecule has 0 fully saturated rings. The molecule has 0 saturated carbocycles. The third kappa shape index (κ3) is 4.23. The Balaban J connectivity index is 1.67. The van der Waals surface area contributed by atoms with E-state index in [1.54, 1.807) is 0 Å². The van der Waals surface area contributed by atoms with E-state index < -0.39 is 5.91 Å². The number of nitrogens with zero attached hydrogens (tertiary/aromatic N) is 1. The minimum atomic E-state index is -0.463. The summed E-state index contributed by atoms with van der Waals surface area (Å²) in [5.41, 5.74) is 7.06. The lowest BCUT2D eigenvalue weighted by molar-refractivity contribution is -0.117. The number of nitrogens with two attached hydrogens (primary N) is 1. The van der Waals surface area contributed by atoms with Gasteiger partial charge in [0.1, 0.15) is 5.00 Å². The van der Waals surface area contributed by atoms with Gasteiger partial charge in [0, 0.05) is 16.3 Å². The van der Waals surface area contributed by atoms with Crippen LogP contribution in [0.5, 0.6) is 0 Å². The fraction of sp³-hybridized carbons (Fsp3) is 0.412. The largest absolute Gasteiger partial charge is 0.365 e. The van der Waals surface area contributed by atoms with Gasteiger partial charge in [-0.2, -0.15) is 0 Å². The number of hydrogen-bond acceptors (Lipinski definition) is 5. The van der Waals surface area contributed by atoms with Crippen molar-refractivity contribution in [3.8, 4) is 0 Å². The summed E-state index contributed by atoms with van der Waals surface area (Å²) in [4.78, 5) is 28.6. The first-order chi connectivity index (χ1) is 12.0. The molecule has 8 heteroatoms. The first-order valence-electron chi connectivity index (χ1n) is 8.18. The molecule has 0 unspecified atom stereocenters. The van der Waals surface area contributed by atoms with Crippen molar-refractivity contribution in [2.75, 3.05) is 18.4 Å².